The standard InChI is InChI=1S/C27H38N4O4/c1-26(2,3)35-25(33)30-23-9-7-6-8-22(23)29-24(32)19-10-12-20(13-11-19)28-21-14-16-31(17-15-21)18-27(4,5)34/h6-13,21,28,34H,14-18H2,1-5H3,(H,29,32)(H,30,33). The molecule has 8 heteroatoms. The van der Waals surface area contributed by atoms with Crippen molar-refractivity contribution < 1.29 is 19.4 Å². The van der Waals surface area contributed by atoms with Gasteiger partial charge in [-0.2, -0.15) is 0 Å². The van der Waals surface area contributed by atoms with Crippen LogP contribution in [-0.4, -0.2) is 58.9 Å². The number of hydrogen-bond donors (Lipinski definition) is 4. The first-order chi connectivity index (χ1) is 16.4. The number of benzene rings is 2. The third-order valence-corrected chi connectivity index (χ3v) is 5.53. The highest BCUT2D eigenvalue weighted by molar-refractivity contribution is 6.07. The molecule has 0 bridgehead atoms. The van der Waals surface area contributed by atoms with Gasteiger partial charge in [0.15, 0.2) is 0 Å². The third kappa shape index (κ3) is 8.88. The van der Waals surface area contributed by atoms with Crippen molar-refractivity contribution in [2.75, 3.05) is 35.6 Å². The molecule has 2 aromatic carbocycles. The summed E-state index contributed by atoms with van der Waals surface area (Å²) in [5.41, 5.74) is 1.14. The molecular formula is C27H38N4O4. The zero-order chi connectivity index (χ0) is 25.6. The number of para-hydroxylation sites is 2. The minimum absolute atomic E-state index is 0.269. The van der Waals surface area contributed by atoms with Crippen LogP contribution in [0.3, 0.4) is 0 Å². The van der Waals surface area contributed by atoms with E-state index in [4.69, 9.17) is 4.74 Å². The van der Waals surface area contributed by atoms with Gasteiger partial charge in [-0.1, -0.05) is 12.1 Å². The fraction of sp³-hybridized carbons (Fsp3) is 0.481. The Labute approximate surface area is 208 Å². The Kier molecular flexibility index (Phi) is 8.40. The number of carbonyl (C=O) groups is 2. The van der Waals surface area contributed by atoms with Crippen molar-refractivity contribution in [3.05, 3.63) is 54.1 Å². The van der Waals surface area contributed by atoms with E-state index in [2.05, 4.69) is 20.9 Å². The van der Waals surface area contributed by atoms with Crippen LogP contribution in [0, 0.1) is 0 Å². The Hall–Kier alpha value is -3.10. The summed E-state index contributed by atoms with van der Waals surface area (Å²) in [6.07, 6.45) is 1.42. The van der Waals surface area contributed by atoms with Gasteiger partial charge in [-0.25, -0.2) is 4.79 Å². The number of aliphatic hydroxyl groups is 1. The number of amides is 2. The Morgan fingerprint density at radius 1 is 0.943 bits per heavy atom. The maximum atomic E-state index is 12.8. The molecule has 190 valence electrons. The molecule has 3 rings (SSSR count). The lowest BCUT2D eigenvalue weighted by Crippen LogP contribution is -2.45. The first kappa shape index (κ1) is 26.5. The predicted molar refractivity (Wildman–Crippen MR) is 140 cm³/mol. The zero-order valence-corrected chi connectivity index (χ0v) is 21.4. The van der Waals surface area contributed by atoms with Gasteiger partial charge in [-0.05, 0) is 83.9 Å². The second-order valence-electron chi connectivity index (χ2n) is 10.7. The topological polar surface area (TPSA) is 103 Å². The summed E-state index contributed by atoms with van der Waals surface area (Å²) in [6, 6.07) is 14.7. The van der Waals surface area contributed by atoms with Crippen molar-refractivity contribution in [1.82, 2.24) is 4.90 Å². The summed E-state index contributed by atoms with van der Waals surface area (Å²) in [5, 5.41) is 19.1. The number of carbonyl (C=O) groups excluding carboxylic acids is 2. The number of ether oxygens (including phenoxy) is 1. The van der Waals surface area contributed by atoms with Gasteiger partial charge < -0.3 is 25.4 Å². The first-order valence-electron chi connectivity index (χ1n) is 12.1. The van der Waals surface area contributed by atoms with Crippen LogP contribution in [0.15, 0.2) is 48.5 Å². The van der Waals surface area contributed by atoms with E-state index < -0.39 is 17.3 Å². The Balaban J connectivity index is 1.54. The number of likely N-dealkylation sites (tertiary alicyclic amines) is 1. The normalized spacial score (nSPS) is 15.4. The molecule has 0 aromatic heterocycles. The van der Waals surface area contributed by atoms with Crippen molar-refractivity contribution in [1.29, 1.82) is 0 Å². The van der Waals surface area contributed by atoms with E-state index in [0.29, 0.717) is 29.5 Å². The number of anilines is 3. The zero-order valence-electron chi connectivity index (χ0n) is 21.4. The lowest BCUT2D eigenvalue weighted by molar-refractivity contribution is 0.0291. The lowest BCUT2D eigenvalue weighted by atomic mass is 10.0. The molecule has 0 atom stereocenters. The van der Waals surface area contributed by atoms with Gasteiger partial charge in [0.25, 0.3) is 5.91 Å². The SMILES string of the molecule is CC(C)(O)CN1CCC(Nc2ccc(C(=O)Nc3ccccc3NC(=O)OC(C)(C)C)cc2)CC1. The molecule has 1 aliphatic rings. The van der Waals surface area contributed by atoms with Crippen LogP contribution >= 0.6 is 0 Å². The second kappa shape index (κ2) is 11.1. The molecule has 4 N–H and O–H groups in total. The molecule has 0 aliphatic carbocycles. The fourth-order valence-corrected chi connectivity index (χ4v) is 4.05. The number of hydrogen-bond acceptors (Lipinski definition) is 6. The summed E-state index contributed by atoms with van der Waals surface area (Å²) >= 11 is 0. The Morgan fingerprint density at radius 3 is 2.06 bits per heavy atom. The summed E-state index contributed by atoms with van der Waals surface area (Å²) in [5.74, 6) is -0.269. The smallest absolute Gasteiger partial charge is 0.412 e. The molecule has 0 saturated carbocycles. The second-order valence-corrected chi connectivity index (χ2v) is 10.7. The molecule has 0 radical (unpaired) electrons. The highest BCUT2D eigenvalue weighted by atomic mass is 16.6. The quantitative estimate of drug-likeness (QED) is 0.446. The molecule has 1 fully saturated rings. The maximum absolute atomic E-state index is 12.8. The Bertz CT molecular complexity index is 1000. The van der Waals surface area contributed by atoms with E-state index in [1.165, 1.54) is 0 Å². The molecule has 2 aromatic rings. The highest BCUT2D eigenvalue weighted by Crippen LogP contribution is 2.24. The Morgan fingerprint density at radius 2 is 1.51 bits per heavy atom. The molecule has 1 aliphatic heterocycles. The molecule has 0 spiro atoms. The van der Waals surface area contributed by atoms with Crippen LogP contribution in [0.2, 0.25) is 0 Å². The van der Waals surface area contributed by atoms with Crippen molar-refractivity contribution >= 4 is 29.1 Å². The fourth-order valence-electron chi connectivity index (χ4n) is 4.05. The van der Waals surface area contributed by atoms with E-state index in [1.54, 1.807) is 57.2 Å². The number of nitrogens with zero attached hydrogens (tertiary/aromatic N) is 1. The van der Waals surface area contributed by atoms with Gasteiger partial charge in [0.1, 0.15) is 5.60 Å². The lowest BCUT2D eigenvalue weighted by Gasteiger charge is -2.35. The average Bonchev–Trinajstić information content (AvgIpc) is 2.74. The largest absolute Gasteiger partial charge is 0.444 e. The van der Waals surface area contributed by atoms with Crippen LogP contribution in [0.5, 0.6) is 0 Å². The van der Waals surface area contributed by atoms with Crippen LogP contribution in [0.1, 0.15) is 57.8 Å². The molecule has 2 amide bonds. The van der Waals surface area contributed by atoms with Crippen molar-refractivity contribution in [3.8, 4) is 0 Å². The van der Waals surface area contributed by atoms with Crippen molar-refractivity contribution in [2.45, 2.75) is 64.7 Å². The molecular weight excluding hydrogens is 444 g/mol. The molecule has 8 nitrogen and oxygen atoms in total. The van der Waals surface area contributed by atoms with E-state index >= 15 is 0 Å². The molecule has 0 unspecified atom stereocenters. The van der Waals surface area contributed by atoms with Crippen LogP contribution in [-0.2, 0) is 4.74 Å². The third-order valence-electron chi connectivity index (χ3n) is 5.53. The van der Waals surface area contributed by atoms with Gasteiger partial charge in [-0.3, -0.25) is 10.1 Å². The van der Waals surface area contributed by atoms with Gasteiger partial charge in [0.05, 0.1) is 17.0 Å². The van der Waals surface area contributed by atoms with Gasteiger partial charge in [0.2, 0.25) is 0 Å². The minimum Gasteiger partial charge on any atom is -0.444 e. The highest BCUT2D eigenvalue weighted by Gasteiger charge is 2.24. The van der Waals surface area contributed by atoms with Crippen LogP contribution in [0.4, 0.5) is 21.9 Å². The summed E-state index contributed by atoms with van der Waals surface area (Å²) in [6.45, 7) is 11.6. The van der Waals surface area contributed by atoms with Crippen molar-refractivity contribution in [2.24, 2.45) is 0 Å². The van der Waals surface area contributed by atoms with Gasteiger partial charge in [-0.15, -0.1) is 0 Å². The molecule has 1 heterocycles. The molecule has 35 heavy (non-hydrogen) atoms. The summed E-state index contributed by atoms with van der Waals surface area (Å²) in [7, 11) is 0. The van der Waals surface area contributed by atoms with Gasteiger partial charge >= 0.3 is 6.09 Å². The number of nitrogens with one attached hydrogen (secondary N) is 3. The number of β-amino-alcohol motifs (C(OH)–C–C–N with tert-alkyl or cyclic N) is 1. The number of rotatable bonds is 7. The minimum atomic E-state index is -0.678. The van der Waals surface area contributed by atoms with Gasteiger partial charge in [0, 0.05) is 36.9 Å². The van der Waals surface area contributed by atoms with Crippen molar-refractivity contribution in [3.63, 3.8) is 0 Å². The molecule has 1 saturated heterocycles. The monoisotopic (exact) mass is 482 g/mol. The van der Waals surface area contributed by atoms with Crippen LogP contribution < -0.4 is 16.0 Å². The van der Waals surface area contributed by atoms with E-state index in [1.807, 2.05) is 26.0 Å². The van der Waals surface area contributed by atoms with Crippen LogP contribution in [0.25, 0.3) is 0 Å². The number of piperidine rings is 1. The van der Waals surface area contributed by atoms with E-state index in [-0.39, 0.29) is 5.91 Å². The summed E-state index contributed by atoms with van der Waals surface area (Å²) in [4.78, 5) is 27.3. The predicted octanol–water partition coefficient (Wildman–Crippen LogP) is 4.93. The van der Waals surface area contributed by atoms with E-state index in [0.717, 1.165) is 31.6 Å². The maximum Gasteiger partial charge on any atom is 0.412 e. The first-order valence-corrected chi connectivity index (χ1v) is 12.1. The average molecular weight is 483 g/mol. The summed E-state index contributed by atoms with van der Waals surface area (Å²) < 4.78 is 5.31. The van der Waals surface area contributed by atoms with E-state index in [9.17, 15) is 14.7 Å².